The number of hydrogen-bond donors (Lipinski definition) is 1. The van der Waals surface area contributed by atoms with Gasteiger partial charge < -0.3 is 10.1 Å². The SMILES string of the molecule is COc1ccc(Cn2nccc2NC(=O)CSc2nnnn2-c2ccccc2Cl)cc1. The van der Waals surface area contributed by atoms with Gasteiger partial charge in [-0.15, -0.1) is 5.10 Å². The van der Waals surface area contributed by atoms with Gasteiger partial charge in [-0.3, -0.25) is 4.79 Å². The number of benzene rings is 2. The molecular formula is C20H18ClN7O2S. The molecule has 158 valence electrons. The van der Waals surface area contributed by atoms with Crippen molar-refractivity contribution in [1.29, 1.82) is 0 Å². The van der Waals surface area contributed by atoms with Crippen molar-refractivity contribution in [2.45, 2.75) is 11.7 Å². The van der Waals surface area contributed by atoms with E-state index in [-0.39, 0.29) is 11.7 Å². The van der Waals surface area contributed by atoms with Crippen LogP contribution in [0.15, 0.2) is 66.0 Å². The zero-order valence-corrected chi connectivity index (χ0v) is 18.0. The Labute approximate surface area is 187 Å². The minimum absolute atomic E-state index is 0.124. The molecule has 0 atom stereocenters. The van der Waals surface area contributed by atoms with Crippen molar-refractivity contribution in [2.24, 2.45) is 0 Å². The first-order valence-electron chi connectivity index (χ1n) is 9.24. The summed E-state index contributed by atoms with van der Waals surface area (Å²) in [5, 5.41) is 19.8. The molecule has 0 aliphatic heterocycles. The van der Waals surface area contributed by atoms with E-state index < -0.39 is 0 Å². The fourth-order valence-corrected chi connectivity index (χ4v) is 3.72. The van der Waals surface area contributed by atoms with Crippen LogP contribution in [0.5, 0.6) is 5.75 Å². The lowest BCUT2D eigenvalue weighted by Gasteiger charge is -2.10. The highest BCUT2D eigenvalue weighted by atomic mass is 35.5. The molecule has 2 aromatic heterocycles. The quantitative estimate of drug-likeness (QED) is 0.407. The first kappa shape index (κ1) is 20.9. The Kier molecular flexibility index (Phi) is 6.48. The molecule has 4 rings (SSSR count). The van der Waals surface area contributed by atoms with Crippen molar-refractivity contribution in [3.8, 4) is 11.4 Å². The maximum atomic E-state index is 12.5. The highest BCUT2D eigenvalue weighted by Gasteiger charge is 2.14. The van der Waals surface area contributed by atoms with Crippen LogP contribution in [0.25, 0.3) is 5.69 Å². The molecule has 0 fully saturated rings. The number of rotatable bonds is 8. The summed E-state index contributed by atoms with van der Waals surface area (Å²) in [6, 6.07) is 16.7. The topological polar surface area (TPSA) is 99.8 Å². The van der Waals surface area contributed by atoms with Gasteiger partial charge in [-0.2, -0.15) is 9.78 Å². The summed E-state index contributed by atoms with van der Waals surface area (Å²) in [4.78, 5) is 12.5. The lowest BCUT2D eigenvalue weighted by Crippen LogP contribution is -2.18. The molecule has 0 aliphatic rings. The van der Waals surface area contributed by atoms with Crippen molar-refractivity contribution in [1.82, 2.24) is 30.0 Å². The predicted molar refractivity (Wildman–Crippen MR) is 118 cm³/mol. The summed E-state index contributed by atoms with van der Waals surface area (Å²) in [5.74, 6) is 1.31. The van der Waals surface area contributed by atoms with Crippen LogP contribution in [0, 0.1) is 0 Å². The van der Waals surface area contributed by atoms with Gasteiger partial charge >= 0.3 is 0 Å². The number of methoxy groups -OCH3 is 1. The molecule has 0 radical (unpaired) electrons. The van der Waals surface area contributed by atoms with E-state index >= 15 is 0 Å². The number of thioether (sulfide) groups is 1. The zero-order chi connectivity index (χ0) is 21.6. The summed E-state index contributed by atoms with van der Waals surface area (Å²) in [5.41, 5.74) is 1.68. The molecule has 0 saturated heterocycles. The number of para-hydroxylation sites is 1. The molecule has 11 heteroatoms. The molecule has 4 aromatic rings. The molecule has 0 unspecified atom stereocenters. The summed E-state index contributed by atoms with van der Waals surface area (Å²) >= 11 is 7.44. The first-order chi connectivity index (χ1) is 15.1. The second kappa shape index (κ2) is 9.63. The Bertz CT molecular complexity index is 1180. The molecule has 0 aliphatic carbocycles. The number of carbonyl (C=O) groups excluding carboxylic acids is 1. The van der Waals surface area contributed by atoms with Crippen molar-refractivity contribution in [3.63, 3.8) is 0 Å². The number of amides is 1. The van der Waals surface area contributed by atoms with Gasteiger partial charge in [0.2, 0.25) is 11.1 Å². The van der Waals surface area contributed by atoms with E-state index in [2.05, 4.69) is 25.9 Å². The standard InChI is InChI=1S/C20H18ClN7O2S/c1-30-15-8-6-14(7-9-15)12-27-18(10-11-22-27)23-19(29)13-31-20-24-25-26-28(20)17-5-3-2-4-16(17)21/h2-11H,12-13H2,1H3,(H,23,29). The molecule has 0 saturated carbocycles. The van der Waals surface area contributed by atoms with Gasteiger partial charge in [0.05, 0.1) is 36.3 Å². The third kappa shape index (κ3) is 5.04. The predicted octanol–water partition coefficient (Wildman–Crippen LogP) is 3.30. The second-order valence-corrected chi connectivity index (χ2v) is 7.73. The van der Waals surface area contributed by atoms with Crippen LogP contribution < -0.4 is 10.1 Å². The number of aromatic nitrogens is 6. The number of carbonyl (C=O) groups is 1. The number of ether oxygens (including phenoxy) is 1. The number of hydrogen-bond acceptors (Lipinski definition) is 7. The van der Waals surface area contributed by atoms with E-state index in [1.807, 2.05) is 36.4 Å². The molecular weight excluding hydrogens is 438 g/mol. The van der Waals surface area contributed by atoms with Crippen LogP contribution in [0.1, 0.15) is 5.56 Å². The molecule has 0 spiro atoms. The van der Waals surface area contributed by atoms with Crippen molar-refractivity contribution < 1.29 is 9.53 Å². The Hall–Kier alpha value is -3.37. The van der Waals surface area contributed by atoms with Crippen LogP contribution in [0.4, 0.5) is 5.82 Å². The van der Waals surface area contributed by atoms with Gasteiger partial charge in [-0.05, 0) is 40.3 Å². The Morgan fingerprint density at radius 2 is 1.97 bits per heavy atom. The number of halogens is 1. The average Bonchev–Trinajstić information content (AvgIpc) is 3.43. The Morgan fingerprint density at radius 3 is 2.74 bits per heavy atom. The van der Waals surface area contributed by atoms with Gasteiger partial charge in [-0.25, -0.2) is 4.68 Å². The highest BCUT2D eigenvalue weighted by Crippen LogP contribution is 2.24. The summed E-state index contributed by atoms with van der Waals surface area (Å²) in [7, 11) is 1.63. The number of nitrogens with zero attached hydrogens (tertiary/aromatic N) is 6. The third-order valence-corrected chi connectivity index (χ3v) is 5.57. The van der Waals surface area contributed by atoms with Gasteiger partial charge in [0.1, 0.15) is 11.6 Å². The largest absolute Gasteiger partial charge is 0.497 e. The molecule has 2 aromatic carbocycles. The number of anilines is 1. The average molecular weight is 456 g/mol. The molecule has 1 amide bonds. The number of tetrazole rings is 1. The van der Waals surface area contributed by atoms with Crippen LogP contribution in [-0.2, 0) is 11.3 Å². The van der Waals surface area contributed by atoms with Crippen LogP contribution in [-0.4, -0.2) is 48.8 Å². The van der Waals surface area contributed by atoms with Crippen molar-refractivity contribution in [3.05, 3.63) is 71.4 Å². The molecule has 9 nitrogen and oxygen atoms in total. The molecule has 31 heavy (non-hydrogen) atoms. The third-order valence-electron chi connectivity index (χ3n) is 4.33. The van der Waals surface area contributed by atoms with Crippen molar-refractivity contribution in [2.75, 3.05) is 18.2 Å². The van der Waals surface area contributed by atoms with Crippen molar-refractivity contribution >= 4 is 35.1 Å². The van der Waals surface area contributed by atoms with Gasteiger partial charge in [0.15, 0.2) is 0 Å². The van der Waals surface area contributed by atoms with Gasteiger partial charge in [-0.1, -0.05) is 47.6 Å². The van der Waals surface area contributed by atoms with Crippen LogP contribution >= 0.6 is 23.4 Å². The first-order valence-corrected chi connectivity index (χ1v) is 10.6. The van der Waals surface area contributed by atoms with Gasteiger partial charge in [0.25, 0.3) is 0 Å². The van der Waals surface area contributed by atoms with Crippen LogP contribution in [0.2, 0.25) is 5.02 Å². The highest BCUT2D eigenvalue weighted by molar-refractivity contribution is 7.99. The molecule has 1 N–H and O–H groups in total. The van der Waals surface area contributed by atoms with Gasteiger partial charge in [0, 0.05) is 6.07 Å². The fourth-order valence-electron chi connectivity index (χ4n) is 2.82. The normalized spacial score (nSPS) is 10.8. The van der Waals surface area contributed by atoms with Crippen LogP contribution in [0.3, 0.4) is 0 Å². The summed E-state index contributed by atoms with van der Waals surface area (Å²) in [6.45, 7) is 0.518. The fraction of sp³-hybridized carbons (Fsp3) is 0.150. The second-order valence-electron chi connectivity index (χ2n) is 6.38. The smallest absolute Gasteiger partial charge is 0.235 e. The van der Waals surface area contributed by atoms with E-state index in [0.29, 0.717) is 28.2 Å². The summed E-state index contributed by atoms with van der Waals surface area (Å²) < 4.78 is 8.41. The monoisotopic (exact) mass is 455 g/mol. The number of nitrogens with one attached hydrogen (secondary N) is 1. The maximum Gasteiger partial charge on any atom is 0.235 e. The molecule has 2 heterocycles. The Morgan fingerprint density at radius 1 is 1.16 bits per heavy atom. The molecule has 0 bridgehead atoms. The zero-order valence-electron chi connectivity index (χ0n) is 16.5. The Balaban J connectivity index is 1.38. The lowest BCUT2D eigenvalue weighted by atomic mass is 10.2. The van der Waals surface area contributed by atoms with E-state index in [0.717, 1.165) is 11.3 Å². The minimum Gasteiger partial charge on any atom is -0.497 e. The lowest BCUT2D eigenvalue weighted by molar-refractivity contribution is -0.113. The van der Waals surface area contributed by atoms with E-state index in [9.17, 15) is 4.79 Å². The summed E-state index contributed by atoms with van der Waals surface area (Å²) in [6.07, 6.45) is 1.64. The van der Waals surface area contributed by atoms with E-state index in [1.54, 1.807) is 36.2 Å². The maximum absolute atomic E-state index is 12.5. The van der Waals surface area contributed by atoms with E-state index in [1.165, 1.54) is 16.4 Å². The minimum atomic E-state index is -0.199. The van der Waals surface area contributed by atoms with E-state index in [4.69, 9.17) is 16.3 Å².